The van der Waals surface area contributed by atoms with Gasteiger partial charge in [0.05, 0.1) is 0 Å². The van der Waals surface area contributed by atoms with Gasteiger partial charge < -0.3 is 0 Å². The lowest BCUT2D eigenvalue weighted by molar-refractivity contribution is 0.564. The van der Waals surface area contributed by atoms with Crippen LogP contribution >= 0.6 is 0 Å². The van der Waals surface area contributed by atoms with Crippen molar-refractivity contribution in [1.29, 1.82) is 0 Å². The quantitative estimate of drug-likeness (QED) is 0.156. The molecule has 0 heterocycles. The first-order valence-corrected chi connectivity index (χ1v) is 23.5. The highest BCUT2D eigenvalue weighted by Gasteiger charge is 2.47. The van der Waals surface area contributed by atoms with Crippen molar-refractivity contribution < 1.29 is 0 Å². The Balaban J connectivity index is 1.03. The van der Waals surface area contributed by atoms with Gasteiger partial charge in [-0.3, -0.25) is 0 Å². The lowest BCUT2D eigenvalue weighted by atomic mass is 9.75. The van der Waals surface area contributed by atoms with E-state index in [9.17, 15) is 0 Å². The van der Waals surface area contributed by atoms with Gasteiger partial charge in [0.1, 0.15) is 0 Å². The first-order chi connectivity index (χ1) is 31.7. The highest BCUT2D eigenvalue weighted by Crippen LogP contribution is 2.58. The second-order valence-corrected chi connectivity index (χ2v) is 20.4. The Morgan fingerprint density at radius 3 is 1.38 bits per heavy atom. The van der Waals surface area contributed by atoms with Crippen molar-refractivity contribution in [3.05, 3.63) is 239 Å². The Labute approximate surface area is 381 Å². The molecule has 65 heavy (non-hydrogen) atoms. The van der Waals surface area contributed by atoms with Gasteiger partial charge in [0, 0.05) is 16.2 Å². The predicted octanol–water partition coefficient (Wildman–Crippen LogP) is 16.7. The second-order valence-electron chi connectivity index (χ2n) is 20.4. The first-order valence-electron chi connectivity index (χ1n) is 23.5. The summed E-state index contributed by atoms with van der Waals surface area (Å²) in [6.45, 7) is 9.52. The Kier molecular flexibility index (Phi) is 7.38. The summed E-state index contributed by atoms with van der Waals surface area (Å²) in [6.07, 6.45) is 2.06. The molecule has 14 rings (SSSR count). The summed E-state index contributed by atoms with van der Waals surface area (Å²) < 4.78 is 0. The molecule has 10 aromatic rings. The number of rotatable bonds is 3. The topological polar surface area (TPSA) is 0 Å². The maximum Gasteiger partial charge on any atom is 0.0296 e. The molecule has 0 aliphatic heterocycles. The van der Waals surface area contributed by atoms with Crippen molar-refractivity contribution in [3.8, 4) is 66.8 Å². The molecule has 0 unspecified atom stereocenters. The highest BCUT2D eigenvalue weighted by molar-refractivity contribution is 6.22. The number of hydrogen-bond donors (Lipinski definition) is 0. The average Bonchev–Trinajstić information content (AvgIpc) is 4.01. The summed E-state index contributed by atoms with van der Waals surface area (Å²) in [7, 11) is 0. The summed E-state index contributed by atoms with van der Waals surface area (Å²) in [5, 5.41) is 5.16. The van der Waals surface area contributed by atoms with E-state index in [4.69, 9.17) is 0 Å². The van der Waals surface area contributed by atoms with Crippen molar-refractivity contribution in [3.63, 3.8) is 0 Å². The first kappa shape index (κ1) is 37.1. The van der Waals surface area contributed by atoms with Gasteiger partial charge in [-0.1, -0.05) is 198 Å². The molecule has 0 nitrogen and oxygen atoms in total. The van der Waals surface area contributed by atoms with Crippen LogP contribution < -0.4 is 0 Å². The summed E-state index contributed by atoms with van der Waals surface area (Å²) in [6, 6.07) is 74.9. The third-order valence-corrected chi connectivity index (χ3v) is 16.5. The molecule has 0 bridgehead atoms. The molecular weight excluding hydrogens is 781 g/mol. The SMILES string of the molecule is CC1(C)c2ccccc2-c2cc(-c3c4ccccc4c(-c4ccc5c(c4)C4(Cc6ccccc6C4)c4ccccc4-5)c4ccc(-c5ccc6c(c5)C(C)(C)c5ccccc5-6)cc34)ccc21. The summed E-state index contributed by atoms with van der Waals surface area (Å²) in [5.41, 5.74) is 27.1. The van der Waals surface area contributed by atoms with Crippen LogP contribution in [-0.2, 0) is 29.1 Å². The number of hydrogen-bond acceptors (Lipinski definition) is 0. The van der Waals surface area contributed by atoms with Gasteiger partial charge in [-0.2, -0.15) is 0 Å². The molecule has 308 valence electrons. The maximum absolute atomic E-state index is 2.59. The molecule has 0 radical (unpaired) electrons. The van der Waals surface area contributed by atoms with Gasteiger partial charge in [-0.15, -0.1) is 0 Å². The van der Waals surface area contributed by atoms with Crippen LogP contribution in [0.25, 0.3) is 88.3 Å². The van der Waals surface area contributed by atoms with Crippen molar-refractivity contribution in [2.45, 2.75) is 56.8 Å². The minimum absolute atomic E-state index is 0.0576. The third kappa shape index (κ3) is 4.92. The van der Waals surface area contributed by atoms with E-state index in [0.717, 1.165) is 12.8 Å². The van der Waals surface area contributed by atoms with Crippen molar-refractivity contribution in [2.24, 2.45) is 0 Å². The molecule has 10 aromatic carbocycles. The molecule has 0 aromatic heterocycles. The molecule has 4 aliphatic carbocycles. The fourth-order valence-corrected chi connectivity index (χ4v) is 13.3. The maximum atomic E-state index is 2.59. The third-order valence-electron chi connectivity index (χ3n) is 16.5. The smallest absolute Gasteiger partial charge is 0.0296 e. The van der Waals surface area contributed by atoms with Crippen LogP contribution in [0.3, 0.4) is 0 Å². The molecule has 0 atom stereocenters. The van der Waals surface area contributed by atoms with Gasteiger partial charge in [-0.25, -0.2) is 0 Å². The van der Waals surface area contributed by atoms with E-state index >= 15 is 0 Å². The number of benzene rings is 10. The average molecular weight is 829 g/mol. The van der Waals surface area contributed by atoms with Crippen molar-refractivity contribution >= 4 is 21.5 Å². The monoisotopic (exact) mass is 828 g/mol. The second kappa shape index (κ2) is 12.9. The Hall–Kier alpha value is -7.28. The molecule has 4 aliphatic rings. The highest BCUT2D eigenvalue weighted by atomic mass is 14.5. The van der Waals surface area contributed by atoms with E-state index in [-0.39, 0.29) is 16.2 Å². The minimum atomic E-state index is -0.0835. The van der Waals surface area contributed by atoms with Crippen LogP contribution in [-0.4, -0.2) is 0 Å². The molecule has 0 saturated carbocycles. The number of fused-ring (bicyclic) bond motifs is 14. The predicted molar refractivity (Wildman–Crippen MR) is 273 cm³/mol. The zero-order valence-electron chi connectivity index (χ0n) is 37.4. The molecule has 0 heteroatoms. The van der Waals surface area contributed by atoms with E-state index in [1.54, 1.807) is 0 Å². The lowest BCUT2D eigenvalue weighted by Crippen LogP contribution is -2.25. The van der Waals surface area contributed by atoms with Crippen molar-refractivity contribution in [1.82, 2.24) is 0 Å². The van der Waals surface area contributed by atoms with Gasteiger partial charge in [0.25, 0.3) is 0 Å². The van der Waals surface area contributed by atoms with Crippen LogP contribution in [0.5, 0.6) is 0 Å². The molecule has 1 spiro atoms. The standard InChI is InChI=1S/C65H48/c1-63(2)56-23-13-10-19-47(56)53-34-41(28-32-57(53)63)62-51-21-8-7-20-50(51)61(42-27-30-49-46-18-11-14-24-58(46)65(60(49)36-42)37-43-15-5-6-16-44(43)38-65)52-31-26-39(33-54(52)62)40-25-29-48-45-17-9-12-22-55(45)64(3,4)59(48)35-40/h5-36H,37-38H2,1-4H3. The summed E-state index contributed by atoms with van der Waals surface area (Å²) in [5.74, 6) is 0. The Bertz CT molecular complexity index is 3700. The zero-order valence-corrected chi connectivity index (χ0v) is 37.4. The van der Waals surface area contributed by atoms with Crippen LogP contribution in [0.15, 0.2) is 194 Å². The van der Waals surface area contributed by atoms with Crippen LogP contribution in [0, 0.1) is 0 Å². The van der Waals surface area contributed by atoms with Crippen LogP contribution in [0.2, 0.25) is 0 Å². The van der Waals surface area contributed by atoms with E-state index in [0.29, 0.717) is 0 Å². The molecular formula is C65H48. The summed E-state index contributed by atoms with van der Waals surface area (Å²) in [4.78, 5) is 0. The minimum Gasteiger partial charge on any atom is -0.0620 e. The van der Waals surface area contributed by atoms with Gasteiger partial charge in [0.15, 0.2) is 0 Å². The van der Waals surface area contributed by atoms with E-state index in [1.165, 1.54) is 133 Å². The summed E-state index contributed by atoms with van der Waals surface area (Å²) >= 11 is 0. The molecule has 0 fully saturated rings. The van der Waals surface area contributed by atoms with Gasteiger partial charge in [-0.05, 0) is 170 Å². The fourth-order valence-electron chi connectivity index (χ4n) is 13.3. The van der Waals surface area contributed by atoms with Gasteiger partial charge in [0.2, 0.25) is 0 Å². The van der Waals surface area contributed by atoms with Crippen molar-refractivity contribution in [2.75, 3.05) is 0 Å². The normalized spacial score (nSPS) is 15.9. The van der Waals surface area contributed by atoms with E-state index < -0.39 is 0 Å². The molecule has 0 N–H and O–H groups in total. The Morgan fingerprint density at radius 2 is 0.692 bits per heavy atom. The zero-order chi connectivity index (χ0) is 43.4. The fraction of sp³-hybridized carbons (Fsp3) is 0.138. The van der Waals surface area contributed by atoms with Crippen LogP contribution in [0.1, 0.15) is 72.2 Å². The van der Waals surface area contributed by atoms with Gasteiger partial charge >= 0.3 is 0 Å². The van der Waals surface area contributed by atoms with Crippen LogP contribution in [0.4, 0.5) is 0 Å². The largest absolute Gasteiger partial charge is 0.0620 e. The van der Waals surface area contributed by atoms with E-state index in [2.05, 4.69) is 222 Å². The molecule has 0 amide bonds. The molecule has 0 saturated heterocycles. The van der Waals surface area contributed by atoms with E-state index in [1.807, 2.05) is 0 Å². The Morgan fingerprint density at radius 1 is 0.277 bits per heavy atom. The lowest BCUT2D eigenvalue weighted by Gasteiger charge is -2.27.